The molecule has 1 fully saturated rings. The van der Waals surface area contributed by atoms with E-state index in [9.17, 15) is 9.90 Å². The van der Waals surface area contributed by atoms with Crippen molar-refractivity contribution in [3.05, 3.63) is 48.0 Å². The predicted molar refractivity (Wildman–Crippen MR) is 95.1 cm³/mol. The zero-order valence-corrected chi connectivity index (χ0v) is 14.1. The lowest BCUT2D eigenvalue weighted by atomic mass is 9.86. The van der Waals surface area contributed by atoms with Crippen molar-refractivity contribution in [2.24, 2.45) is 0 Å². The summed E-state index contributed by atoms with van der Waals surface area (Å²) >= 11 is 0. The molecule has 5 heteroatoms. The first-order valence-corrected chi connectivity index (χ1v) is 7.78. The summed E-state index contributed by atoms with van der Waals surface area (Å²) in [7, 11) is 1.76. The van der Waals surface area contributed by atoms with E-state index in [1.165, 1.54) is 10.8 Å². The van der Waals surface area contributed by atoms with Crippen LogP contribution in [0.3, 0.4) is 0 Å². The van der Waals surface area contributed by atoms with Crippen LogP contribution in [0.2, 0.25) is 0 Å². The Morgan fingerprint density at radius 1 is 1.26 bits per heavy atom. The average molecular weight is 335 g/mol. The fraction of sp³-hybridized carbons (Fsp3) is 0.389. The van der Waals surface area contributed by atoms with Crippen LogP contribution in [0.15, 0.2) is 42.5 Å². The second kappa shape index (κ2) is 7.77. The minimum absolute atomic E-state index is 0. The van der Waals surface area contributed by atoms with Crippen LogP contribution < -0.4 is 5.32 Å². The van der Waals surface area contributed by atoms with E-state index in [2.05, 4.69) is 35.6 Å². The van der Waals surface area contributed by atoms with Gasteiger partial charge in [0.2, 0.25) is 5.91 Å². The zero-order valence-electron chi connectivity index (χ0n) is 13.2. The molecule has 4 nitrogen and oxygen atoms in total. The number of likely N-dealkylation sites (tertiary alicyclic amines) is 1. The number of nitrogens with zero attached hydrogens (tertiary/aromatic N) is 1. The topological polar surface area (TPSA) is 52.6 Å². The number of amides is 1. The standard InChI is InChI=1S/C18H22N2O2.ClH/c1-19-11-18(22)20-9-8-16(17(21)12-20)15-7-6-13-4-2-3-5-14(13)10-15;/h2-7,10,16-17,19,21H,8-9,11-12H2,1H3;1H/t16-,17+;/m0./s1. The Hall–Kier alpha value is -1.62. The number of hydrogen-bond donors (Lipinski definition) is 2. The highest BCUT2D eigenvalue weighted by Crippen LogP contribution is 2.30. The van der Waals surface area contributed by atoms with E-state index < -0.39 is 6.10 Å². The van der Waals surface area contributed by atoms with E-state index in [1.54, 1.807) is 11.9 Å². The molecule has 1 heterocycles. The van der Waals surface area contributed by atoms with Gasteiger partial charge in [0, 0.05) is 19.0 Å². The SMILES string of the molecule is CNCC(=O)N1CC[C@@H](c2ccc3ccccc3c2)[C@H](O)C1.Cl. The highest BCUT2D eigenvalue weighted by atomic mass is 35.5. The number of carbonyl (C=O) groups excluding carboxylic acids is 1. The van der Waals surface area contributed by atoms with Crippen molar-refractivity contribution in [2.45, 2.75) is 18.4 Å². The summed E-state index contributed by atoms with van der Waals surface area (Å²) in [5.74, 6) is 0.154. The van der Waals surface area contributed by atoms with Gasteiger partial charge in [0.25, 0.3) is 0 Å². The van der Waals surface area contributed by atoms with E-state index in [-0.39, 0.29) is 24.2 Å². The maximum Gasteiger partial charge on any atom is 0.236 e. The minimum Gasteiger partial charge on any atom is -0.391 e. The second-order valence-corrected chi connectivity index (χ2v) is 5.94. The molecule has 124 valence electrons. The van der Waals surface area contributed by atoms with Gasteiger partial charge in [0.1, 0.15) is 0 Å². The van der Waals surface area contributed by atoms with Gasteiger partial charge < -0.3 is 15.3 Å². The van der Waals surface area contributed by atoms with Crippen molar-refractivity contribution in [3.8, 4) is 0 Å². The van der Waals surface area contributed by atoms with Crippen LogP contribution in [0, 0.1) is 0 Å². The van der Waals surface area contributed by atoms with Crippen LogP contribution >= 0.6 is 12.4 Å². The Kier molecular flexibility index (Phi) is 5.99. The van der Waals surface area contributed by atoms with E-state index in [0.29, 0.717) is 19.6 Å². The number of fused-ring (bicyclic) bond motifs is 1. The smallest absolute Gasteiger partial charge is 0.236 e. The molecule has 3 rings (SSSR count). The number of aliphatic hydroxyl groups is 1. The third-order valence-corrected chi connectivity index (χ3v) is 4.46. The molecule has 0 aromatic heterocycles. The highest BCUT2D eigenvalue weighted by molar-refractivity contribution is 5.85. The Balaban J connectivity index is 0.00000192. The molecule has 2 atom stereocenters. The van der Waals surface area contributed by atoms with Gasteiger partial charge in [-0.1, -0.05) is 42.5 Å². The van der Waals surface area contributed by atoms with Gasteiger partial charge in [0.15, 0.2) is 0 Å². The molecule has 0 saturated carbocycles. The van der Waals surface area contributed by atoms with Gasteiger partial charge in [-0.05, 0) is 29.8 Å². The molecule has 1 amide bonds. The van der Waals surface area contributed by atoms with Gasteiger partial charge in [-0.2, -0.15) is 0 Å². The largest absolute Gasteiger partial charge is 0.391 e. The van der Waals surface area contributed by atoms with Crippen LogP contribution in [0.25, 0.3) is 10.8 Å². The summed E-state index contributed by atoms with van der Waals surface area (Å²) in [5.41, 5.74) is 1.16. The number of hydrogen-bond acceptors (Lipinski definition) is 3. The van der Waals surface area contributed by atoms with Crippen LogP contribution in [-0.4, -0.2) is 48.7 Å². The molecule has 23 heavy (non-hydrogen) atoms. The predicted octanol–water partition coefficient (Wildman–Crippen LogP) is 2.16. The van der Waals surface area contributed by atoms with Crippen LogP contribution in [-0.2, 0) is 4.79 Å². The molecule has 0 aliphatic carbocycles. The lowest BCUT2D eigenvalue weighted by Gasteiger charge is -2.36. The molecule has 2 aromatic rings. The molecule has 0 spiro atoms. The first kappa shape index (κ1) is 17.7. The quantitative estimate of drug-likeness (QED) is 0.904. The fourth-order valence-corrected chi connectivity index (χ4v) is 3.25. The number of aliphatic hydroxyl groups excluding tert-OH is 1. The summed E-state index contributed by atoms with van der Waals surface area (Å²) < 4.78 is 0. The second-order valence-electron chi connectivity index (χ2n) is 5.94. The molecule has 1 aliphatic heterocycles. The summed E-state index contributed by atoms with van der Waals surface area (Å²) in [4.78, 5) is 13.7. The van der Waals surface area contributed by atoms with E-state index in [1.807, 2.05) is 12.1 Å². The molecule has 0 bridgehead atoms. The van der Waals surface area contributed by atoms with Crippen LogP contribution in [0.5, 0.6) is 0 Å². The van der Waals surface area contributed by atoms with Crippen molar-refractivity contribution in [1.29, 1.82) is 0 Å². The lowest BCUT2D eigenvalue weighted by molar-refractivity contribution is -0.133. The molecule has 1 saturated heterocycles. The zero-order chi connectivity index (χ0) is 15.5. The Bertz CT molecular complexity index is 677. The molecule has 2 N–H and O–H groups in total. The van der Waals surface area contributed by atoms with Crippen molar-refractivity contribution in [2.75, 3.05) is 26.7 Å². The molecule has 2 aromatic carbocycles. The first-order valence-electron chi connectivity index (χ1n) is 7.78. The first-order chi connectivity index (χ1) is 10.7. The molecular weight excluding hydrogens is 312 g/mol. The summed E-state index contributed by atoms with van der Waals surface area (Å²) in [5, 5.41) is 15.7. The third kappa shape index (κ3) is 3.83. The summed E-state index contributed by atoms with van der Waals surface area (Å²) in [6.45, 7) is 1.44. The highest BCUT2D eigenvalue weighted by Gasteiger charge is 2.30. The van der Waals surface area contributed by atoms with E-state index in [0.717, 1.165) is 12.0 Å². The molecule has 0 radical (unpaired) electrons. The number of likely N-dealkylation sites (N-methyl/N-ethyl adjacent to an activating group) is 1. The molecular formula is C18H23ClN2O2. The monoisotopic (exact) mass is 334 g/mol. The third-order valence-electron chi connectivity index (χ3n) is 4.46. The average Bonchev–Trinajstić information content (AvgIpc) is 2.54. The van der Waals surface area contributed by atoms with Gasteiger partial charge in [-0.25, -0.2) is 0 Å². The van der Waals surface area contributed by atoms with Crippen LogP contribution in [0.4, 0.5) is 0 Å². The van der Waals surface area contributed by atoms with Crippen LogP contribution in [0.1, 0.15) is 17.9 Å². The molecule has 1 aliphatic rings. The normalized spacial score (nSPS) is 21.0. The molecule has 0 unspecified atom stereocenters. The lowest BCUT2D eigenvalue weighted by Crippen LogP contribution is -2.48. The van der Waals surface area contributed by atoms with E-state index >= 15 is 0 Å². The van der Waals surface area contributed by atoms with Crippen molar-refractivity contribution < 1.29 is 9.90 Å². The van der Waals surface area contributed by atoms with E-state index in [4.69, 9.17) is 0 Å². The number of halogens is 1. The van der Waals surface area contributed by atoms with Gasteiger partial charge in [0.05, 0.1) is 12.6 Å². The van der Waals surface area contributed by atoms with Crippen molar-refractivity contribution in [3.63, 3.8) is 0 Å². The Labute approximate surface area is 142 Å². The van der Waals surface area contributed by atoms with Gasteiger partial charge >= 0.3 is 0 Å². The Morgan fingerprint density at radius 2 is 2.00 bits per heavy atom. The minimum atomic E-state index is -0.504. The number of piperidine rings is 1. The number of β-amino-alcohol motifs (C(OH)–C–C–N with tert-alkyl or cyclic N) is 1. The van der Waals surface area contributed by atoms with Gasteiger partial charge in [-0.15, -0.1) is 12.4 Å². The number of nitrogens with one attached hydrogen (secondary N) is 1. The van der Waals surface area contributed by atoms with Crippen molar-refractivity contribution >= 4 is 29.1 Å². The number of carbonyl (C=O) groups is 1. The van der Waals surface area contributed by atoms with Gasteiger partial charge in [-0.3, -0.25) is 4.79 Å². The summed E-state index contributed by atoms with van der Waals surface area (Å²) in [6.07, 6.45) is 0.297. The maximum atomic E-state index is 11.9. The maximum absolute atomic E-state index is 11.9. The Morgan fingerprint density at radius 3 is 2.70 bits per heavy atom. The number of rotatable bonds is 3. The summed E-state index contributed by atoms with van der Waals surface area (Å²) in [6, 6.07) is 14.6. The van der Waals surface area contributed by atoms with Crippen molar-refractivity contribution in [1.82, 2.24) is 10.2 Å². The number of benzene rings is 2. The fourth-order valence-electron chi connectivity index (χ4n) is 3.25.